The first kappa shape index (κ1) is 32.3. The maximum absolute atomic E-state index is 11.6. The summed E-state index contributed by atoms with van der Waals surface area (Å²) in [6.07, 6.45) is 0. The first-order valence-corrected chi connectivity index (χ1v) is 16.2. The van der Waals surface area contributed by atoms with Crippen molar-refractivity contribution in [3.05, 3.63) is 145 Å². The van der Waals surface area contributed by atoms with E-state index in [0.717, 1.165) is 50.0 Å². The normalized spacial score (nSPS) is 11.6. The summed E-state index contributed by atoms with van der Waals surface area (Å²) in [5, 5.41) is 14.7. The summed E-state index contributed by atoms with van der Waals surface area (Å²) in [7, 11) is 0. The summed E-state index contributed by atoms with van der Waals surface area (Å²) in [6.45, 7) is 8.73. The summed E-state index contributed by atoms with van der Waals surface area (Å²) in [6, 6.07) is 46.1. The van der Waals surface area contributed by atoms with Crippen LogP contribution >= 0.6 is 0 Å². The molecule has 5 nitrogen and oxygen atoms in total. The molecule has 8 rings (SSSR count). The van der Waals surface area contributed by atoms with Gasteiger partial charge in [0.2, 0.25) is 5.88 Å². The van der Waals surface area contributed by atoms with Crippen LogP contribution in [0.15, 0.2) is 127 Å². The van der Waals surface area contributed by atoms with Crippen LogP contribution in [0.4, 0.5) is 0 Å². The second-order valence-corrected chi connectivity index (χ2v) is 13.2. The van der Waals surface area contributed by atoms with Gasteiger partial charge in [0.05, 0.1) is 0 Å². The van der Waals surface area contributed by atoms with E-state index >= 15 is 0 Å². The Hall–Kier alpha value is -5.25. The van der Waals surface area contributed by atoms with Crippen molar-refractivity contribution in [3.8, 4) is 45.5 Å². The average molecular weight is 820 g/mol. The Kier molecular flexibility index (Phi) is 8.34. The first-order valence-electron chi connectivity index (χ1n) is 16.2. The molecule has 49 heavy (non-hydrogen) atoms. The number of aromatic hydroxyl groups is 1. The van der Waals surface area contributed by atoms with Crippen molar-refractivity contribution in [2.75, 3.05) is 0 Å². The minimum Gasteiger partial charge on any atom is -0.505 e. The molecule has 0 spiro atoms. The zero-order valence-corrected chi connectivity index (χ0v) is 29.9. The summed E-state index contributed by atoms with van der Waals surface area (Å²) in [4.78, 5) is 9.80. The number of phenolic OH excluding ortho intramolecular Hbond substituents is 1. The predicted octanol–water partition coefficient (Wildman–Crippen LogP) is 11.0. The molecule has 6 heteroatoms. The van der Waals surface area contributed by atoms with Crippen LogP contribution in [-0.2, 0) is 26.5 Å². The molecule has 0 saturated heterocycles. The van der Waals surface area contributed by atoms with Crippen molar-refractivity contribution < 1.29 is 30.9 Å². The van der Waals surface area contributed by atoms with Crippen molar-refractivity contribution in [1.29, 1.82) is 0 Å². The molecule has 3 aromatic heterocycles. The number of aryl methyl sites for hydroxylation is 1. The van der Waals surface area contributed by atoms with Crippen LogP contribution < -0.4 is 4.74 Å². The Morgan fingerprint density at radius 1 is 0.694 bits per heavy atom. The van der Waals surface area contributed by atoms with E-state index in [0.29, 0.717) is 22.7 Å². The van der Waals surface area contributed by atoms with Gasteiger partial charge in [-0.05, 0) is 64.2 Å². The number of rotatable bonds is 5. The fourth-order valence-electron chi connectivity index (χ4n) is 6.67. The third-order valence-electron chi connectivity index (χ3n) is 8.90. The molecule has 244 valence electrons. The number of phenols is 1. The molecule has 0 amide bonds. The summed E-state index contributed by atoms with van der Waals surface area (Å²) in [5.41, 5.74) is 8.08. The number of aromatic nitrogens is 3. The number of benzene rings is 5. The van der Waals surface area contributed by atoms with Gasteiger partial charge in [0.1, 0.15) is 17.1 Å². The molecule has 0 fully saturated rings. The van der Waals surface area contributed by atoms with Crippen LogP contribution in [0.1, 0.15) is 32.0 Å². The van der Waals surface area contributed by atoms with Crippen LogP contribution in [0.3, 0.4) is 0 Å². The second kappa shape index (κ2) is 12.6. The molecule has 0 atom stereocenters. The summed E-state index contributed by atoms with van der Waals surface area (Å²) < 4.78 is 8.72. The molecular formula is C43H34N3O2Pt-. The minimum atomic E-state index is -0.0721. The third-order valence-corrected chi connectivity index (χ3v) is 8.90. The number of hydrogen-bond acceptors (Lipinski definition) is 4. The van der Waals surface area contributed by atoms with Crippen LogP contribution in [-0.4, -0.2) is 19.6 Å². The zero-order chi connectivity index (χ0) is 33.0. The molecule has 8 aromatic rings. The van der Waals surface area contributed by atoms with Crippen molar-refractivity contribution >= 4 is 32.7 Å². The van der Waals surface area contributed by atoms with E-state index in [1.54, 1.807) is 0 Å². The molecule has 0 bridgehead atoms. The monoisotopic (exact) mass is 819 g/mol. The van der Waals surface area contributed by atoms with E-state index in [1.807, 2.05) is 97.9 Å². The number of ether oxygens (including phenoxy) is 1. The van der Waals surface area contributed by atoms with E-state index in [2.05, 4.69) is 67.8 Å². The van der Waals surface area contributed by atoms with Crippen molar-refractivity contribution in [2.24, 2.45) is 0 Å². The van der Waals surface area contributed by atoms with Gasteiger partial charge in [-0.3, -0.25) is 0 Å². The van der Waals surface area contributed by atoms with E-state index in [9.17, 15) is 5.11 Å². The standard InChI is InChI=1S/C43H34N3O2.Pt/c1-27-13-11-20-38(44-27)46-36-19-12-18-35(43(2,3)4)40(36)33-22-21-30(25-37(33)46)48-39-26-34(29-16-9-6-10-17-29)32-24-23-31(42(47)41(32)45-39)28-14-7-5-8-15-28;/h5-24,26,47H,1-4H3;/q-1;. The van der Waals surface area contributed by atoms with Crippen LogP contribution in [0, 0.1) is 13.0 Å². The van der Waals surface area contributed by atoms with Gasteiger partial charge in [-0.25, -0.2) is 9.97 Å². The topological polar surface area (TPSA) is 60.2 Å². The number of nitrogens with zero attached hydrogens (tertiary/aromatic N) is 3. The average Bonchev–Trinajstić information content (AvgIpc) is 3.42. The summed E-state index contributed by atoms with van der Waals surface area (Å²) >= 11 is 0. The van der Waals surface area contributed by atoms with E-state index in [1.165, 1.54) is 10.9 Å². The number of hydrogen-bond donors (Lipinski definition) is 1. The van der Waals surface area contributed by atoms with E-state index in [4.69, 9.17) is 14.7 Å². The van der Waals surface area contributed by atoms with Gasteiger partial charge in [0.25, 0.3) is 0 Å². The summed E-state index contributed by atoms with van der Waals surface area (Å²) in [5.74, 6) is 1.81. The number of fused-ring (bicyclic) bond motifs is 4. The van der Waals surface area contributed by atoms with E-state index < -0.39 is 0 Å². The Labute approximate surface area is 300 Å². The van der Waals surface area contributed by atoms with Gasteiger partial charge < -0.3 is 14.4 Å². The predicted molar refractivity (Wildman–Crippen MR) is 195 cm³/mol. The molecule has 1 N–H and O–H groups in total. The van der Waals surface area contributed by atoms with Crippen molar-refractivity contribution in [2.45, 2.75) is 33.1 Å². The molecule has 0 unspecified atom stereocenters. The van der Waals surface area contributed by atoms with Gasteiger partial charge in [0, 0.05) is 55.0 Å². The van der Waals surface area contributed by atoms with Crippen molar-refractivity contribution in [3.63, 3.8) is 0 Å². The Bertz CT molecular complexity index is 2480. The SMILES string of the molecule is Cc1cccc(-n2c3[c-]c(Oc4cc(-c5ccccc5)c5ccc(-c6ccccc6)c(O)c5n4)ccc3c3c(C(C)(C)C)cccc32)n1.[Pt]. The van der Waals surface area contributed by atoms with Gasteiger partial charge in [-0.1, -0.05) is 111 Å². The van der Waals surface area contributed by atoms with E-state index in [-0.39, 0.29) is 32.2 Å². The van der Waals surface area contributed by atoms with Gasteiger partial charge in [-0.15, -0.1) is 17.5 Å². The maximum atomic E-state index is 11.6. The molecule has 5 aromatic carbocycles. The molecular weight excluding hydrogens is 786 g/mol. The first-order chi connectivity index (χ1) is 23.3. The smallest absolute Gasteiger partial charge is 0.217 e. The molecule has 0 aliphatic rings. The fourth-order valence-corrected chi connectivity index (χ4v) is 6.67. The molecule has 0 radical (unpaired) electrons. The molecule has 3 heterocycles. The Balaban J connectivity index is 0.00000378. The van der Waals surface area contributed by atoms with Crippen LogP contribution in [0.2, 0.25) is 0 Å². The van der Waals surface area contributed by atoms with Gasteiger partial charge >= 0.3 is 0 Å². The van der Waals surface area contributed by atoms with Crippen LogP contribution in [0.5, 0.6) is 17.4 Å². The quantitative estimate of drug-likeness (QED) is 0.176. The Morgan fingerprint density at radius 2 is 1.37 bits per heavy atom. The van der Waals surface area contributed by atoms with Crippen molar-refractivity contribution in [1.82, 2.24) is 14.5 Å². The third kappa shape index (κ3) is 5.79. The molecule has 0 aliphatic heterocycles. The number of pyridine rings is 2. The largest absolute Gasteiger partial charge is 0.505 e. The Morgan fingerprint density at radius 3 is 2.06 bits per heavy atom. The minimum absolute atomic E-state index is 0. The molecule has 0 saturated carbocycles. The fraction of sp³-hybridized carbons (Fsp3) is 0.116. The van der Waals surface area contributed by atoms with Gasteiger partial charge in [0.15, 0.2) is 0 Å². The zero-order valence-electron chi connectivity index (χ0n) is 27.6. The second-order valence-electron chi connectivity index (χ2n) is 13.2. The molecule has 0 aliphatic carbocycles. The van der Waals surface area contributed by atoms with Gasteiger partial charge in [-0.2, -0.15) is 6.07 Å². The maximum Gasteiger partial charge on any atom is 0.217 e. The van der Waals surface area contributed by atoms with Crippen LogP contribution in [0.25, 0.3) is 60.8 Å².